The Morgan fingerprint density at radius 1 is 1.27 bits per heavy atom. The molecule has 0 saturated heterocycles. The van der Waals surface area contributed by atoms with Crippen molar-refractivity contribution in [2.45, 2.75) is 13.0 Å². The van der Waals surface area contributed by atoms with E-state index in [1.54, 1.807) is 0 Å². The Morgan fingerprint density at radius 3 is 2.41 bits per heavy atom. The minimum absolute atomic E-state index is 0.192. The lowest BCUT2D eigenvalue weighted by molar-refractivity contribution is -0.124. The predicted octanol–water partition coefficient (Wildman–Crippen LogP) is -0.727. The van der Waals surface area contributed by atoms with Crippen LogP contribution in [0.15, 0.2) is 24.3 Å². The number of rotatable bonds is 6. The van der Waals surface area contributed by atoms with Gasteiger partial charge >= 0.3 is 0 Å². The first-order valence-corrected chi connectivity index (χ1v) is 8.30. The van der Waals surface area contributed by atoms with Crippen LogP contribution in [0.5, 0.6) is 0 Å². The SMILES string of the molecule is CC(=O)NC(CS(C)(=O)=O)C(=O)Nc1cccc(C(N)=O)c1. The molecule has 1 rings (SSSR count). The highest BCUT2D eigenvalue weighted by Crippen LogP contribution is 2.11. The molecule has 0 aliphatic rings. The quantitative estimate of drug-likeness (QED) is 0.633. The number of hydrogen-bond acceptors (Lipinski definition) is 5. The van der Waals surface area contributed by atoms with Crippen molar-refractivity contribution in [3.05, 3.63) is 29.8 Å². The van der Waals surface area contributed by atoms with Gasteiger partial charge in [-0.05, 0) is 18.2 Å². The van der Waals surface area contributed by atoms with E-state index in [0.29, 0.717) is 0 Å². The molecule has 0 spiro atoms. The molecule has 0 aliphatic heterocycles. The first kappa shape index (κ1) is 17.6. The number of nitrogens with two attached hydrogens (primary N) is 1. The number of carbonyl (C=O) groups is 3. The van der Waals surface area contributed by atoms with E-state index in [-0.39, 0.29) is 11.3 Å². The van der Waals surface area contributed by atoms with E-state index in [1.165, 1.54) is 31.2 Å². The molecule has 0 fully saturated rings. The average molecular weight is 327 g/mol. The molecule has 120 valence electrons. The van der Waals surface area contributed by atoms with Crippen LogP contribution in [-0.4, -0.2) is 44.2 Å². The Bertz CT molecular complexity index is 699. The Balaban J connectivity index is 2.93. The van der Waals surface area contributed by atoms with Gasteiger partial charge in [0.2, 0.25) is 17.7 Å². The lowest BCUT2D eigenvalue weighted by Gasteiger charge is -2.17. The minimum Gasteiger partial charge on any atom is -0.366 e. The van der Waals surface area contributed by atoms with E-state index in [4.69, 9.17) is 5.73 Å². The second-order valence-corrected chi connectivity index (χ2v) is 6.96. The Kier molecular flexibility index (Phi) is 5.63. The molecular weight excluding hydrogens is 310 g/mol. The van der Waals surface area contributed by atoms with Crippen LogP contribution in [0.4, 0.5) is 5.69 Å². The van der Waals surface area contributed by atoms with Crippen molar-refractivity contribution in [3.63, 3.8) is 0 Å². The first-order valence-electron chi connectivity index (χ1n) is 6.24. The highest BCUT2D eigenvalue weighted by molar-refractivity contribution is 7.90. The van der Waals surface area contributed by atoms with Gasteiger partial charge in [-0.15, -0.1) is 0 Å². The summed E-state index contributed by atoms with van der Waals surface area (Å²) in [4.78, 5) is 34.3. The van der Waals surface area contributed by atoms with Crippen LogP contribution in [0.3, 0.4) is 0 Å². The Hall–Kier alpha value is -2.42. The fourth-order valence-corrected chi connectivity index (χ4v) is 2.55. The zero-order valence-corrected chi connectivity index (χ0v) is 12.9. The average Bonchev–Trinajstić information content (AvgIpc) is 2.36. The van der Waals surface area contributed by atoms with Crippen molar-refractivity contribution < 1.29 is 22.8 Å². The van der Waals surface area contributed by atoms with Crippen molar-refractivity contribution >= 4 is 33.2 Å². The summed E-state index contributed by atoms with van der Waals surface area (Å²) in [5.41, 5.74) is 5.59. The number of carbonyl (C=O) groups excluding carboxylic acids is 3. The smallest absolute Gasteiger partial charge is 0.248 e. The second kappa shape index (κ2) is 7.03. The van der Waals surface area contributed by atoms with Crippen molar-refractivity contribution in [2.24, 2.45) is 5.73 Å². The van der Waals surface area contributed by atoms with Crippen LogP contribution in [-0.2, 0) is 19.4 Å². The third-order valence-corrected chi connectivity index (χ3v) is 3.52. The number of primary amides is 1. The molecule has 9 heteroatoms. The maximum absolute atomic E-state index is 12.1. The predicted molar refractivity (Wildman–Crippen MR) is 80.9 cm³/mol. The van der Waals surface area contributed by atoms with Crippen LogP contribution < -0.4 is 16.4 Å². The molecule has 4 N–H and O–H groups in total. The lowest BCUT2D eigenvalue weighted by Crippen LogP contribution is -2.47. The van der Waals surface area contributed by atoms with Crippen LogP contribution in [0.1, 0.15) is 17.3 Å². The fraction of sp³-hybridized carbons (Fsp3) is 0.308. The molecule has 1 aromatic carbocycles. The number of anilines is 1. The van der Waals surface area contributed by atoms with Crippen LogP contribution in [0.2, 0.25) is 0 Å². The molecule has 1 unspecified atom stereocenters. The molecule has 0 bridgehead atoms. The highest BCUT2D eigenvalue weighted by Gasteiger charge is 2.24. The van der Waals surface area contributed by atoms with E-state index in [0.717, 1.165) is 6.26 Å². The highest BCUT2D eigenvalue weighted by atomic mass is 32.2. The normalized spacial score (nSPS) is 12.3. The minimum atomic E-state index is -3.48. The lowest BCUT2D eigenvalue weighted by atomic mass is 10.2. The maximum Gasteiger partial charge on any atom is 0.248 e. The number of hydrogen-bond donors (Lipinski definition) is 3. The molecule has 0 saturated carbocycles. The summed E-state index contributed by atoms with van der Waals surface area (Å²) in [5.74, 6) is -2.43. The van der Waals surface area contributed by atoms with Crippen molar-refractivity contribution in [3.8, 4) is 0 Å². The zero-order valence-electron chi connectivity index (χ0n) is 12.1. The van der Waals surface area contributed by atoms with Gasteiger partial charge in [-0.2, -0.15) is 0 Å². The van der Waals surface area contributed by atoms with Gasteiger partial charge in [-0.1, -0.05) is 6.07 Å². The van der Waals surface area contributed by atoms with E-state index in [2.05, 4.69) is 10.6 Å². The molecule has 1 atom stereocenters. The Morgan fingerprint density at radius 2 is 1.91 bits per heavy atom. The van der Waals surface area contributed by atoms with Crippen LogP contribution in [0.25, 0.3) is 0 Å². The fourth-order valence-electron chi connectivity index (χ4n) is 1.71. The summed E-state index contributed by atoms with van der Waals surface area (Å²) >= 11 is 0. The van der Waals surface area contributed by atoms with Crippen molar-refractivity contribution in [1.82, 2.24) is 5.32 Å². The van der Waals surface area contributed by atoms with Crippen molar-refractivity contribution in [1.29, 1.82) is 0 Å². The molecule has 1 aromatic rings. The largest absolute Gasteiger partial charge is 0.366 e. The van der Waals surface area contributed by atoms with Gasteiger partial charge in [-0.3, -0.25) is 14.4 Å². The van der Waals surface area contributed by atoms with Gasteiger partial charge in [0, 0.05) is 24.4 Å². The summed E-state index contributed by atoms with van der Waals surface area (Å²) < 4.78 is 22.7. The number of amides is 3. The molecule has 0 heterocycles. The molecule has 8 nitrogen and oxygen atoms in total. The summed E-state index contributed by atoms with van der Waals surface area (Å²) in [6.45, 7) is 1.18. The Labute approximate surface area is 128 Å². The van der Waals surface area contributed by atoms with Crippen LogP contribution in [0, 0.1) is 0 Å². The number of nitrogens with one attached hydrogen (secondary N) is 2. The summed E-state index contributed by atoms with van der Waals surface area (Å²) in [5, 5.41) is 4.71. The number of sulfone groups is 1. The van der Waals surface area contributed by atoms with Crippen LogP contribution >= 0.6 is 0 Å². The van der Waals surface area contributed by atoms with E-state index in [1.807, 2.05) is 0 Å². The summed E-state index contributed by atoms with van der Waals surface area (Å²) in [7, 11) is -3.48. The molecular formula is C13H17N3O5S. The van der Waals surface area contributed by atoms with Gasteiger partial charge in [0.15, 0.2) is 0 Å². The monoisotopic (exact) mass is 327 g/mol. The zero-order chi connectivity index (χ0) is 16.9. The van der Waals surface area contributed by atoms with Gasteiger partial charge in [0.1, 0.15) is 15.9 Å². The molecule has 0 aromatic heterocycles. The third-order valence-electron chi connectivity index (χ3n) is 2.58. The first-order chi connectivity index (χ1) is 10.1. The molecule has 22 heavy (non-hydrogen) atoms. The summed E-state index contributed by atoms with van der Waals surface area (Å²) in [6, 6.07) is 4.62. The van der Waals surface area contributed by atoms with E-state index >= 15 is 0 Å². The van der Waals surface area contributed by atoms with Gasteiger partial charge in [0.25, 0.3) is 0 Å². The second-order valence-electron chi connectivity index (χ2n) is 4.78. The van der Waals surface area contributed by atoms with Gasteiger partial charge in [-0.25, -0.2) is 8.42 Å². The molecule has 0 aliphatic carbocycles. The van der Waals surface area contributed by atoms with Crippen molar-refractivity contribution in [2.75, 3.05) is 17.3 Å². The third kappa shape index (κ3) is 5.92. The molecule has 0 radical (unpaired) electrons. The van der Waals surface area contributed by atoms with Gasteiger partial charge < -0.3 is 16.4 Å². The van der Waals surface area contributed by atoms with E-state index in [9.17, 15) is 22.8 Å². The van der Waals surface area contributed by atoms with E-state index < -0.39 is 39.4 Å². The topological polar surface area (TPSA) is 135 Å². The summed E-state index contributed by atoms with van der Waals surface area (Å²) in [6.07, 6.45) is 0.961. The standard InChI is InChI=1S/C13H17N3O5S/c1-8(17)15-11(7-22(2,20)21)13(19)16-10-5-3-4-9(6-10)12(14)18/h3-6,11H,7H2,1-2H3,(H2,14,18)(H,15,17)(H,16,19). The number of benzene rings is 1. The maximum atomic E-state index is 12.1. The van der Waals surface area contributed by atoms with Gasteiger partial charge in [0.05, 0.1) is 5.75 Å². The molecule has 3 amide bonds.